The lowest BCUT2D eigenvalue weighted by Crippen LogP contribution is -2.08. The molecule has 1 rings (SSSR count). The van der Waals surface area contributed by atoms with Gasteiger partial charge in [-0.2, -0.15) is 0 Å². The van der Waals surface area contributed by atoms with E-state index in [0.717, 1.165) is 0 Å². The first-order valence-corrected chi connectivity index (χ1v) is 4.08. The van der Waals surface area contributed by atoms with Gasteiger partial charge in [0.2, 0.25) is 0 Å². The Morgan fingerprint density at radius 1 is 1.15 bits per heavy atom. The molecular formula is C8H5BrO4. The largest absolute Gasteiger partial charge is 0.478 e. The summed E-state index contributed by atoms with van der Waals surface area (Å²) in [5, 5.41) is 17.4. The first-order chi connectivity index (χ1) is 6.04. The number of halogens is 1. The maximum atomic E-state index is 10.7. The normalized spacial score (nSPS) is 9.62. The van der Waals surface area contributed by atoms with Gasteiger partial charge in [0.15, 0.2) is 0 Å². The topological polar surface area (TPSA) is 74.6 Å². The molecule has 0 bridgehead atoms. The van der Waals surface area contributed by atoms with Crippen molar-refractivity contribution < 1.29 is 19.8 Å². The van der Waals surface area contributed by atoms with Crippen molar-refractivity contribution >= 4 is 27.9 Å². The Balaban J connectivity index is 3.43. The molecule has 1 aromatic rings. The molecule has 0 spiro atoms. The van der Waals surface area contributed by atoms with Gasteiger partial charge >= 0.3 is 11.9 Å². The molecule has 0 aliphatic heterocycles. The van der Waals surface area contributed by atoms with Crippen LogP contribution in [0.2, 0.25) is 0 Å². The summed E-state index contributed by atoms with van der Waals surface area (Å²) in [7, 11) is 0. The number of hydrogen-bond acceptors (Lipinski definition) is 2. The second-order valence-electron chi connectivity index (χ2n) is 2.27. The molecule has 0 heterocycles. The highest BCUT2D eigenvalue weighted by atomic mass is 79.9. The number of hydrogen-bond donors (Lipinski definition) is 2. The van der Waals surface area contributed by atoms with E-state index in [4.69, 9.17) is 10.2 Å². The molecule has 5 heteroatoms. The second kappa shape index (κ2) is 3.57. The van der Waals surface area contributed by atoms with E-state index in [1.807, 2.05) is 0 Å². The predicted molar refractivity (Wildman–Crippen MR) is 48.1 cm³/mol. The molecule has 1 aromatic carbocycles. The van der Waals surface area contributed by atoms with Gasteiger partial charge in [-0.1, -0.05) is 6.07 Å². The Bertz CT molecular complexity index is 372. The lowest BCUT2D eigenvalue weighted by Gasteiger charge is -2.02. The first kappa shape index (κ1) is 9.73. The molecule has 0 aliphatic rings. The molecule has 68 valence electrons. The third-order valence-electron chi connectivity index (χ3n) is 1.46. The Labute approximate surface area is 81.9 Å². The fraction of sp³-hybridized carbons (Fsp3) is 0. The monoisotopic (exact) mass is 244 g/mol. The van der Waals surface area contributed by atoms with Gasteiger partial charge in [0.05, 0.1) is 11.1 Å². The smallest absolute Gasteiger partial charge is 0.337 e. The average molecular weight is 245 g/mol. The summed E-state index contributed by atoms with van der Waals surface area (Å²) in [5.41, 5.74) is -0.447. The Hall–Kier alpha value is -1.36. The Kier molecular flexibility index (Phi) is 2.67. The van der Waals surface area contributed by atoms with Crippen molar-refractivity contribution in [2.45, 2.75) is 0 Å². The van der Waals surface area contributed by atoms with Crippen LogP contribution in [0.1, 0.15) is 20.7 Å². The molecule has 0 saturated heterocycles. The van der Waals surface area contributed by atoms with Crippen LogP contribution in [0, 0.1) is 0 Å². The van der Waals surface area contributed by atoms with Crippen LogP contribution in [-0.2, 0) is 0 Å². The molecular weight excluding hydrogens is 240 g/mol. The zero-order chi connectivity index (χ0) is 10.0. The molecule has 0 unspecified atom stereocenters. The van der Waals surface area contributed by atoms with Crippen molar-refractivity contribution in [2.75, 3.05) is 0 Å². The Morgan fingerprint density at radius 2 is 1.77 bits per heavy atom. The van der Waals surface area contributed by atoms with Crippen molar-refractivity contribution in [3.05, 3.63) is 33.8 Å². The lowest BCUT2D eigenvalue weighted by molar-refractivity contribution is 0.0650. The van der Waals surface area contributed by atoms with Crippen molar-refractivity contribution in [1.29, 1.82) is 0 Å². The van der Waals surface area contributed by atoms with Crippen LogP contribution in [0.25, 0.3) is 0 Å². The van der Waals surface area contributed by atoms with Crippen molar-refractivity contribution in [1.82, 2.24) is 0 Å². The quantitative estimate of drug-likeness (QED) is 0.833. The van der Waals surface area contributed by atoms with Crippen LogP contribution in [0.3, 0.4) is 0 Å². The van der Waals surface area contributed by atoms with Crippen molar-refractivity contribution in [3.8, 4) is 0 Å². The summed E-state index contributed by atoms with van der Waals surface area (Å²) in [6.45, 7) is 0. The van der Waals surface area contributed by atoms with Gasteiger partial charge in [0.1, 0.15) is 0 Å². The van der Waals surface area contributed by atoms with Gasteiger partial charge in [-0.25, -0.2) is 9.59 Å². The summed E-state index contributed by atoms with van der Waals surface area (Å²) in [6.07, 6.45) is 0. The molecule has 0 saturated carbocycles. The second-order valence-corrected chi connectivity index (χ2v) is 3.13. The van der Waals surface area contributed by atoms with Gasteiger partial charge in [-0.15, -0.1) is 0 Å². The molecule has 13 heavy (non-hydrogen) atoms. The number of rotatable bonds is 2. The fourth-order valence-corrected chi connectivity index (χ4v) is 1.46. The van der Waals surface area contributed by atoms with Gasteiger partial charge in [0.25, 0.3) is 0 Å². The highest BCUT2D eigenvalue weighted by Crippen LogP contribution is 2.20. The van der Waals surface area contributed by atoms with Crippen LogP contribution >= 0.6 is 15.9 Å². The third-order valence-corrected chi connectivity index (χ3v) is 2.12. The molecule has 0 fully saturated rings. The van der Waals surface area contributed by atoms with E-state index in [1.54, 1.807) is 0 Å². The summed E-state index contributed by atoms with van der Waals surface area (Å²) >= 11 is 2.97. The van der Waals surface area contributed by atoms with Gasteiger partial charge in [0, 0.05) is 4.47 Å². The van der Waals surface area contributed by atoms with Gasteiger partial charge in [-0.05, 0) is 28.1 Å². The zero-order valence-electron chi connectivity index (χ0n) is 6.32. The molecule has 0 atom stereocenters. The Morgan fingerprint density at radius 3 is 2.15 bits per heavy atom. The summed E-state index contributed by atoms with van der Waals surface area (Å²) < 4.78 is 0.264. The molecule has 2 N–H and O–H groups in total. The predicted octanol–water partition coefficient (Wildman–Crippen LogP) is 1.85. The highest BCUT2D eigenvalue weighted by molar-refractivity contribution is 9.10. The highest BCUT2D eigenvalue weighted by Gasteiger charge is 2.18. The minimum Gasteiger partial charge on any atom is -0.478 e. The standard InChI is InChI=1S/C8H5BrO4/c9-5-3-1-2-4(7(10)11)6(5)8(12)13/h1-3H,(H,10,11)(H,12,13). The number of benzene rings is 1. The number of carbonyl (C=O) groups is 2. The summed E-state index contributed by atoms with van der Waals surface area (Å²) in [5.74, 6) is -2.51. The molecule has 0 amide bonds. The van der Waals surface area contributed by atoms with Crippen LogP contribution in [0.4, 0.5) is 0 Å². The maximum Gasteiger partial charge on any atom is 0.337 e. The van der Waals surface area contributed by atoms with Crippen LogP contribution < -0.4 is 0 Å². The van der Waals surface area contributed by atoms with E-state index in [1.165, 1.54) is 18.2 Å². The molecule has 0 radical (unpaired) electrons. The molecule has 0 aromatic heterocycles. The van der Waals surface area contributed by atoms with Gasteiger partial charge < -0.3 is 10.2 Å². The van der Waals surface area contributed by atoms with Gasteiger partial charge in [-0.3, -0.25) is 0 Å². The first-order valence-electron chi connectivity index (χ1n) is 3.29. The van der Waals surface area contributed by atoms with Crippen LogP contribution in [-0.4, -0.2) is 22.2 Å². The average Bonchev–Trinajstić information content (AvgIpc) is 2.02. The van der Waals surface area contributed by atoms with Crippen LogP contribution in [0.15, 0.2) is 22.7 Å². The van der Waals surface area contributed by atoms with Crippen molar-refractivity contribution in [2.24, 2.45) is 0 Å². The SMILES string of the molecule is O=C(O)c1cccc(Br)c1C(=O)O. The molecule has 4 nitrogen and oxygen atoms in total. The van der Waals surface area contributed by atoms with E-state index in [-0.39, 0.29) is 15.6 Å². The fourth-order valence-electron chi connectivity index (χ4n) is 0.920. The lowest BCUT2D eigenvalue weighted by atomic mass is 10.1. The minimum absolute atomic E-state index is 0.220. The summed E-state index contributed by atoms with van der Waals surface area (Å²) in [6, 6.07) is 4.20. The number of carboxylic acid groups (broad SMARTS) is 2. The van der Waals surface area contributed by atoms with E-state index < -0.39 is 11.9 Å². The zero-order valence-corrected chi connectivity index (χ0v) is 7.91. The van der Waals surface area contributed by atoms with E-state index >= 15 is 0 Å². The van der Waals surface area contributed by atoms with E-state index in [0.29, 0.717) is 0 Å². The third kappa shape index (κ3) is 1.86. The minimum atomic E-state index is -1.26. The molecule has 0 aliphatic carbocycles. The maximum absolute atomic E-state index is 10.7. The van der Waals surface area contributed by atoms with E-state index in [2.05, 4.69) is 15.9 Å². The van der Waals surface area contributed by atoms with Crippen molar-refractivity contribution in [3.63, 3.8) is 0 Å². The number of carboxylic acids is 2. The summed E-state index contributed by atoms with van der Waals surface area (Å²) in [4.78, 5) is 21.2. The van der Waals surface area contributed by atoms with Crippen LogP contribution in [0.5, 0.6) is 0 Å². The number of aromatic carboxylic acids is 2. The van der Waals surface area contributed by atoms with E-state index in [9.17, 15) is 9.59 Å².